The average molecular weight is 244 g/mol. The van der Waals surface area contributed by atoms with Gasteiger partial charge in [0, 0.05) is 12.2 Å². The van der Waals surface area contributed by atoms with Gasteiger partial charge in [0.15, 0.2) is 5.17 Å². The maximum absolute atomic E-state index is 8.66. The zero-order chi connectivity index (χ0) is 12.5. The Hall–Kier alpha value is -1.98. The zero-order valence-corrected chi connectivity index (χ0v) is 10.3. The summed E-state index contributed by atoms with van der Waals surface area (Å²) in [5.41, 5.74) is 0.936. The van der Waals surface area contributed by atoms with E-state index in [1.54, 1.807) is 6.19 Å². The third-order valence-corrected chi connectivity index (χ3v) is 2.75. The molecule has 0 aliphatic heterocycles. The Morgan fingerprint density at radius 1 is 1.35 bits per heavy atom. The molecule has 0 aliphatic rings. The second-order valence-electron chi connectivity index (χ2n) is 3.09. The van der Waals surface area contributed by atoms with Gasteiger partial charge in [-0.2, -0.15) is 10.5 Å². The van der Waals surface area contributed by atoms with Gasteiger partial charge in [-0.15, -0.1) is 4.99 Å². The number of aliphatic imine (C=N–C) groups is 1. The Kier molecular flexibility index (Phi) is 5.63. The fourth-order valence-corrected chi connectivity index (χ4v) is 1.91. The summed E-state index contributed by atoms with van der Waals surface area (Å²) in [6, 6.07) is 11.7. The maximum atomic E-state index is 8.66. The Bertz CT molecular complexity index is 456. The van der Waals surface area contributed by atoms with Gasteiger partial charge >= 0.3 is 0 Å². The minimum atomic E-state index is 0.389. The van der Waals surface area contributed by atoms with Gasteiger partial charge in [0.2, 0.25) is 6.19 Å². The van der Waals surface area contributed by atoms with E-state index >= 15 is 0 Å². The molecule has 0 amide bonds. The molecule has 0 N–H and O–H groups in total. The topological polar surface area (TPSA) is 63.2 Å². The molecule has 1 rings (SSSR count). The van der Waals surface area contributed by atoms with E-state index in [0.717, 1.165) is 5.69 Å². The molecular weight excluding hydrogens is 232 g/mol. The van der Waals surface area contributed by atoms with E-state index in [1.807, 2.05) is 41.5 Å². The fraction of sp³-hybridized carbons (Fsp3) is 0.250. The summed E-state index contributed by atoms with van der Waals surface area (Å²) in [5, 5.41) is 17.9. The number of nitrogens with zero attached hydrogens (tertiary/aromatic N) is 4. The maximum Gasteiger partial charge on any atom is 0.208 e. The number of benzene rings is 1. The molecule has 0 saturated carbocycles. The van der Waals surface area contributed by atoms with E-state index in [9.17, 15) is 0 Å². The van der Waals surface area contributed by atoms with E-state index in [4.69, 9.17) is 10.5 Å². The van der Waals surface area contributed by atoms with Crippen molar-refractivity contribution in [1.82, 2.24) is 0 Å². The van der Waals surface area contributed by atoms with Crippen LogP contribution in [0.2, 0.25) is 0 Å². The molecule has 0 fully saturated rings. The van der Waals surface area contributed by atoms with E-state index in [0.29, 0.717) is 18.1 Å². The number of hydrogen-bond donors (Lipinski definition) is 0. The van der Waals surface area contributed by atoms with Gasteiger partial charge in [-0.3, -0.25) is 0 Å². The van der Waals surface area contributed by atoms with Crippen LogP contribution in [0.1, 0.15) is 6.42 Å². The lowest BCUT2D eigenvalue weighted by atomic mass is 10.3. The van der Waals surface area contributed by atoms with E-state index in [1.165, 1.54) is 11.8 Å². The normalized spacial score (nSPS) is 10.4. The molecule has 0 saturated heterocycles. The van der Waals surface area contributed by atoms with Crippen LogP contribution in [-0.4, -0.2) is 18.0 Å². The van der Waals surface area contributed by atoms with Crippen molar-refractivity contribution in [2.75, 3.05) is 17.7 Å². The lowest BCUT2D eigenvalue weighted by Gasteiger charge is -2.23. The molecule has 0 bridgehead atoms. The highest BCUT2D eigenvalue weighted by molar-refractivity contribution is 8.13. The van der Waals surface area contributed by atoms with Crippen LogP contribution in [0.25, 0.3) is 0 Å². The summed E-state index contributed by atoms with van der Waals surface area (Å²) in [5.74, 6) is 0. The molecule has 0 atom stereocenters. The van der Waals surface area contributed by atoms with Crippen molar-refractivity contribution >= 4 is 22.6 Å². The standard InChI is InChI=1S/C12H12N4S/c1-17-12(15-10-14)16(9-5-8-13)11-6-3-2-4-7-11/h2-4,6-7H,5,9H2,1H3. The van der Waals surface area contributed by atoms with Gasteiger partial charge < -0.3 is 4.90 Å². The van der Waals surface area contributed by atoms with Crippen LogP contribution in [0.5, 0.6) is 0 Å². The number of anilines is 1. The number of thioether (sulfide) groups is 1. The lowest BCUT2D eigenvalue weighted by Crippen LogP contribution is -2.29. The number of amidine groups is 1. The van der Waals surface area contributed by atoms with E-state index < -0.39 is 0 Å². The highest BCUT2D eigenvalue weighted by Gasteiger charge is 2.12. The first-order chi connectivity index (χ1) is 8.33. The molecule has 0 unspecified atom stereocenters. The van der Waals surface area contributed by atoms with Crippen molar-refractivity contribution < 1.29 is 0 Å². The van der Waals surface area contributed by atoms with Gasteiger partial charge in [0.05, 0.1) is 12.5 Å². The van der Waals surface area contributed by atoms with Crippen molar-refractivity contribution in [3.8, 4) is 12.3 Å². The largest absolute Gasteiger partial charge is 0.319 e. The SMILES string of the molecule is CSC(=NC#N)N(CCC#N)c1ccccc1. The third kappa shape index (κ3) is 3.82. The van der Waals surface area contributed by atoms with E-state index in [2.05, 4.69) is 11.1 Å². The second kappa shape index (κ2) is 7.32. The van der Waals surface area contributed by atoms with Crippen LogP contribution in [0.4, 0.5) is 5.69 Å². The van der Waals surface area contributed by atoms with Crippen molar-refractivity contribution in [1.29, 1.82) is 10.5 Å². The van der Waals surface area contributed by atoms with Gasteiger partial charge in [-0.05, 0) is 18.4 Å². The Morgan fingerprint density at radius 2 is 2.06 bits per heavy atom. The number of para-hydroxylation sites is 1. The molecule has 0 aliphatic carbocycles. The molecule has 0 aromatic heterocycles. The van der Waals surface area contributed by atoms with Crippen molar-refractivity contribution in [3.63, 3.8) is 0 Å². The van der Waals surface area contributed by atoms with Crippen LogP contribution in [0.3, 0.4) is 0 Å². The van der Waals surface area contributed by atoms with Crippen LogP contribution in [0, 0.1) is 22.8 Å². The van der Waals surface area contributed by atoms with Gasteiger partial charge in [-0.1, -0.05) is 30.0 Å². The molecule has 1 aromatic carbocycles. The van der Waals surface area contributed by atoms with Gasteiger partial charge in [0.1, 0.15) is 0 Å². The molecule has 1 aromatic rings. The summed E-state index contributed by atoms with van der Waals surface area (Å²) in [7, 11) is 0. The molecule has 0 radical (unpaired) electrons. The Balaban J connectivity index is 3.00. The van der Waals surface area contributed by atoms with Gasteiger partial charge in [0.25, 0.3) is 0 Å². The van der Waals surface area contributed by atoms with Crippen molar-refractivity contribution in [3.05, 3.63) is 30.3 Å². The molecule has 0 heterocycles. The monoisotopic (exact) mass is 244 g/mol. The van der Waals surface area contributed by atoms with Crippen molar-refractivity contribution in [2.24, 2.45) is 4.99 Å². The quantitative estimate of drug-likeness (QED) is 0.466. The summed E-state index contributed by atoms with van der Waals surface area (Å²) in [4.78, 5) is 5.65. The summed E-state index contributed by atoms with van der Waals surface area (Å²) in [6.07, 6.45) is 4.04. The lowest BCUT2D eigenvalue weighted by molar-refractivity contribution is 0.979. The summed E-state index contributed by atoms with van der Waals surface area (Å²) in [6.45, 7) is 0.530. The highest BCUT2D eigenvalue weighted by Crippen LogP contribution is 2.18. The first kappa shape index (κ1) is 13.1. The fourth-order valence-electron chi connectivity index (χ4n) is 1.36. The summed E-state index contributed by atoms with van der Waals surface area (Å²) < 4.78 is 0. The van der Waals surface area contributed by atoms with Gasteiger partial charge in [-0.25, -0.2) is 0 Å². The number of rotatable bonds is 3. The predicted octanol–water partition coefficient (Wildman–Crippen LogP) is 2.61. The highest BCUT2D eigenvalue weighted by atomic mass is 32.2. The van der Waals surface area contributed by atoms with Crippen molar-refractivity contribution in [2.45, 2.75) is 6.42 Å². The Morgan fingerprint density at radius 3 is 2.59 bits per heavy atom. The smallest absolute Gasteiger partial charge is 0.208 e. The molecule has 5 heteroatoms. The van der Waals surface area contributed by atoms with Crippen LogP contribution in [0.15, 0.2) is 35.3 Å². The predicted molar refractivity (Wildman–Crippen MR) is 70.6 cm³/mol. The van der Waals surface area contributed by atoms with Crippen LogP contribution in [-0.2, 0) is 0 Å². The summed E-state index contributed by atoms with van der Waals surface area (Å²) >= 11 is 1.39. The molecule has 0 spiro atoms. The van der Waals surface area contributed by atoms with Crippen LogP contribution >= 0.6 is 11.8 Å². The second-order valence-corrected chi connectivity index (χ2v) is 3.87. The first-order valence-electron chi connectivity index (χ1n) is 5.03. The first-order valence-corrected chi connectivity index (χ1v) is 6.26. The average Bonchev–Trinajstić information content (AvgIpc) is 2.39. The molecule has 4 nitrogen and oxygen atoms in total. The number of hydrogen-bond acceptors (Lipinski definition) is 4. The number of nitriles is 2. The minimum absolute atomic E-state index is 0.389. The van der Waals surface area contributed by atoms with E-state index in [-0.39, 0.29) is 0 Å². The third-order valence-electron chi connectivity index (χ3n) is 2.07. The molecular formula is C12H12N4S. The zero-order valence-electron chi connectivity index (χ0n) is 9.50. The molecule has 86 valence electrons. The Labute approximate surface area is 105 Å². The van der Waals surface area contributed by atoms with Crippen LogP contribution < -0.4 is 4.90 Å². The molecule has 17 heavy (non-hydrogen) atoms. The minimum Gasteiger partial charge on any atom is -0.319 e.